The molecule has 0 fully saturated rings. The second kappa shape index (κ2) is 8.08. The smallest absolute Gasteiger partial charge is 0.154 e. The molecule has 0 radical (unpaired) electrons. The molecule has 0 N–H and O–H groups in total. The first-order chi connectivity index (χ1) is 18.8. The third-order valence-electron chi connectivity index (χ3n) is 6.88. The number of hydrogen-bond donors (Lipinski definition) is 0. The molecular weight excluding hydrogens is 472 g/mol. The maximum atomic E-state index is 6.04. The Labute approximate surface area is 216 Å². The summed E-state index contributed by atoms with van der Waals surface area (Å²) in [4.78, 5) is 18.6. The molecule has 0 aliphatic carbocycles. The molecule has 8 aromatic rings. The Hall–Kier alpha value is -5.36. The van der Waals surface area contributed by atoms with Crippen LogP contribution in [0, 0.1) is 0 Å². The number of aromatic nitrogens is 4. The van der Waals surface area contributed by atoms with Crippen molar-refractivity contribution in [2.24, 2.45) is 0 Å². The summed E-state index contributed by atoms with van der Waals surface area (Å²) in [5.41, 5.74) is 10.3. The molecule has 0 saturated carbocycles. The Bertz CT molecular complexity index is 2000. The van der Waals surface area contributed by atoms with Gasteiger partial charge in [0.25, 0.3) is 0 Å². The molecule has 2 aromatic carbocycles. The van der Waals surface area contributed by atoms with Gasteiger partial charge in [-0.2, -0.15) is 0 Å². The zero-order chi connectivity index (χ0) is 25.1. The van der Waals surface area contributed by atoms with E-state index >= 15 is 0 Å². The molecule has 178 valence electrons. The molecule has 0 atom stereocenters. The number of para-hydroxylation sites is 2. The van der Waals surface area contributed by atoms with Crippen LogP contribution in [0.5, 0.6) is 0 Å². The molecule has 0 bridgehead atoms. The third kappa shape index (κ3) is 3.28. The molecule has 6 nitrogen and oxygen atoms in total. The fourth-order valence-electron chi connectivity index (χ4n) is 5.00. The molecule has 8 rings (SSSR count). The standard InChI is InChI=1S/C32H18N4O2/c1-3-7-27-23(5-1)31-29(37-27)15-21(17-35-31)19-9-11-33-25(13-19)26-14-20(10-12-34-26)22-16-30-32(36-18-22)24-6-2-4-8-28(24)38-30/h1-18H. The summed E-state index contributed by atoms with van der Waals surface area (Å²) in [7, 11) is 0. The minimum Gasteiger partial charge on any atom is -0.454 e. The van der Waals surface area contributed by atoms with E-state index in [9.17, 15) is 0 Å². The monoisotopic (exact) mass is 490 g/mol. The van der Waals surface area contributed by atoms with Crippen molar-refractivity contribution in [3.63, 3.8) is 0 Å². The van der Waals surface area contributed by atoms with Crippen molar-refractivity contribution < 1.29 is 8.83 Å². The van der Waals surface area contributed by atoms with E-state index in [1.54, 1.807) is 12.4 Å². The molecule has 0 unspecified atom stereocenters. The van der Waals surface area contributed by atoms with Crippen LogP contribution in [-0.4, -0.2) is 19.9 Å². The summed E-state index contributed by atoms with van der Waals surface area (Å²) >= 11 is 0. The lowest BCUT2D eigenvalue weighted by Crippen LogP contribution is -1.90. The predicted octanol–water partition coefficient (Wildman–Crippen LogP) is 8.07. The van der Waals surface area contributed by atoms with Crippen molar-refractivity contribution in [3.8, 4) is 33.6 Å². The van der Waals surface area contributed by atoms with Crippen LogP contribution in [-0.2, 0) is 0 Å². The Morgan fingerprint density at radius 1 is 0.421 bits per heavy atom. The van der Waals surface area contributed by atoms with Crippen LogP contribution in [0.25, 0.3) is 77.8 Å². The summed E-state index contributed by atoms with van der Waals surface area (Å²) < 4.78 is 12.1. The van der Waals surface area contributed by atoms with Crippen molar-refractivity contribution in [1.29, 1.82) is 0 Å². The maximum Gasteiger partial charge on any atom is 0.154 e. The fraction of sp³-hybridized carbons (Fsp3) is 0. The second-order valence-corrected chi connectivity index (χ2v) is 9.20. The summed E-state index contributed by atoms with van der Waals surface area (Å²) in [5.74, 6) is 0. The van der Waals surface area contributed by atoms with Gasteiger partial charge in [-0.15, -0.1) is 0 Å². The minimum atomic E-state index is 0.760. The Morgan fingerprint density at radius 2 is 0.895 bits per heavy atom. The van der Waals surface area contributed by atoms with Crippen molar-refractivity contribution in [3.05, 3.63) is 110 Å². The van der Waals surface area contributed by atoms with Crippen LogP contribution in [0.3, 0.4) is 0 Å². The van der Waals surface area contributed by atoms with Gasteiger partial charge in [-0.25, -0.2) is 0 Å². The van der Waals surface area contributed by atoms with Crippen LogP contribution in [0.2, 0.25) is 0 Å². The lowest BCUT2D eigenvalue weighted by atomic mass is 10.0. The second-order valence-electron chi connectivity index (χ2n) is 9.20. The lowest BCUT2D eigenvalue weighted by molar-refractivity contribution is 0.668. The van der Waals surface area contributed by atoms with Crippen molar-refractivity contribution in [2.45, 2.75) is 0 Å². The summed E-state index contributed by atoms with van der Waals surface area (Å²) in [6, 6.07) is 27.9. The van der Waals surface area contributed by atoms with Gasteiger partial charge in [-0.3, -0.25) is 19.9 Å². The molecule has 0 amide bonds. The predicted molar refractivity (Wildman–Crippen MR) is 148 cm³/mol. The van der Waals surface area contributed by atoms with Gasteiger partial charge in [0.2, 0.25) is 0 Å². The quantitative estimate of drug-likeness (QED) is 0.249. The Balaban J connectivity index is 1.18. The first kappa shape index (κ1) is 20.8. The molecule has 0 spiro atoms. The van der Waals surface area contributed by atoms with E-state index in [0.29, 0.717) is 0 Å². The highest BCUT2D eigenvalue weighted by molar-refractivity contribution is 6.04. The average Bonchev–Trinajstić information content (AvgIpc) is 3.54. The van der Waals surface area contributed by atoms with E-state index in [1.165, 1.54) is 0 Å². The topological polar surface area (TPSA) is 77.8 Å². The van der Waals surface area contributed by atoms with E-state index in [4.69, 9.17) is 18.8 Å². The molecule has 6 heterocycles. The maximum absolute atomic E-state index is 6.04. The number of hydrogen-bond acceptors (Lipinski definition) is 6. The van der Waals surface area contributed by atoms with Gasteiger partial charge in [-0.1, -0.05) is 24.3 Å². The van der Waals surface area contributed by atoms with Gasteiger partial charge in [-0.05, 0) is 71.8 Å². The molecule has 38 heavy (non-hydrogen) atoms. The van der Waals surface area contributed by atoms with E-state index < -0.39 is 0 Å². The zero-order valence-corrected chi connectivity index (χ0v) is 20.0. The third-order valence-corrected chi connectivity index (χ3v) is 6.88. The van der Waals surface area contributed by atoms with Gasteiger partial charge in [0.1, 0.15) is 22.2 Å². The van der Waals surface area contributed by atoms with E-state index in [0.717, 1.165) is 77.8 Å². The van der Waals surface area contributed by atoms with Crippen molar-refractivity contribution in [1.82, 2.24) is 19.9 Å². The van der Waals surface area contributed by atoms with Crippen LogP contribution in [0.15, 0.2) is 119 Å². The van der Waals surface area contributed by atoms with Gasteiger partial charge < -0.3 is 8.83 Å². The van der Waals surface area contributed by atoms with Crippen LogP contribution < -0.4 is 0 Å². The normalized spacial score (nSPS) is 11.7. The first-order valence-electron chi connectivity index (χ1n) is 12.3. The highest BCUT2D eigenvalue weighted by Crippen LogP contribution is 2.33. The van der Waals surface area contributed by atoms with E-state index in [2.05, 4.69) is 9.97 Å². The number of pyridine rings is 4. The minimum absolute atomic E-state index is 0.760. The first-order valence-corrected chi connectivity index (χ1v) is 12.3. The largest absolute Gasteiger partial charge is 0.454 e. The Morgan fingerprint density at radius 3 is 1.39 bits per heavy atom. The number of rotatable bonds is 3. The number of fused-ring (bicyclic) bond motifs is 6. The highest BCUT2D eigenvalue weighted by atomic mass is 16.3. The van der Waals surface area contributed by atoms with E-state index in [1.807, 2.05) is 97.3 Å². The van der Waals surface area contributed by atoms with Crippen LogP contribution >= 0.6 is 0 Å². The fourth-order valence-corrected chi connectivity index (χ4v) is 5.00. The number of benzene rings is 2. The van der Waals surface area contributed by atoms with Crippen molar-refractivity contribution >= 4 is 44.1 Å². The van der Waals surface area contributed by atoms with Gasteiger partial charge >= 0.3 is 0 Å². The summed E-state index contributed by atoms with van der Waals surface area (Å²) in [5, 5.41) is 2.03. The van der Waals surface area contributed by atoms with Gasteiger partial charge in [0.15, 0.2) is 11.2 Å². The van der Waals surface area contributed by atoms with Gasteiger partial charge in [0.05, 0.1) is 11.4 Å². The number of nitrogens with zero attached hydrogens (tertiary/aromatic N) is 4. The SMILES string of the molecule is c1ccc2c(c1)oc1cc(-c3ccnc(-c4cc(-c5cnc6c(c5)oc5ccccc56)ccn4)c3)cnc12. The number of furan rings is 2. The molecule has 0 aliphatic heterocycles. The molecule has 0 saturated heterocycles. The summed E-state index contributed by atoms with van der Waals surface area (Å²) in [6.07, 6.45) is 7.34. The zero-order valence-electron chi connectivity index (χ0n) is 20.0. The average molecular weight is 491 g/mol. The Kier molecular flexibility index (Phi) is 4.42. The lowest BCUT2D eigenvalue weighted by Gasteiger charge is -2.07. The molecule has 0 aliphatic rings. The summed E-state index contributed by atoms with van der Waals surface area (Å²) in [6.45, 7) is 0. The van der Waals surface area contributed by atoms with Gasteiger partial charge in [0, 0.05) is 46.7 Å². The van der Waals surface area contributed by atoms with E-state index in [-0.39, 0.29) is 0 Å². The van der Waals surface area contributed by atoms with Crippen LogP contribution in [0.1, 0.15) is 0 Å². The highest BCUT2D eigenvalue weighted by Gasteiger charge is 2.13. The van der Waals surface area contributed by atoms with Crippen molar-refractivity contribution in [2.75, 3.05) is 0 Å². The van der Waals surface area contributed by atoms with Crippen LogP contribution in [0.4, 0.5) is 0 Å². The molecule has 6 heteroatoms. The molecular formula is C32H18N4O2. The molecule has 6 aromatic heterocycles.